The minimum absolute atomic E-state index is 0.0140. The molecule has 154 valence electrons. The molecule has 0 spiro atoms. The van der Waals surface area contributed by atoms with Gasteiger partial charge in [0.25, 0.3) is 5.91 Å². The zero-order chi connectivity index (χ0) is 21.2. The molecular weight excluding hydrogens is 376 g/mol. The lowest BCUT2D eigenvalue weighted by Gasteiger charge is -2.27. The van der Waals surface area contributed by atoms with Crippen molar-refractivity contribution in [3.63, 3.8) is 0 Å². The van der Waals surface area contributed by atoms with Gasteiger partial charge in [0.15, 0.2) is 11.5 Å². The second-order valence-corrected chi connectivity index (χ2v) is 7.37. The minimum atomic E-state index is -2.92. The van der Waals surface area contributed by atoms with Crippen molar-refractivity contribution >= 4 is 11.9 Å². The molecule has 1 unspecified atom stereocenters. The second-order valence-electron chi connectivity index (χ2n) is 7.37. The molecule has 2 N–H and O–H groups in total. The summed E-state index contributed by atoms with van der Waals surface area (Å²) in [6.45, 7) is 1.40. The molecule has 2 atom stereocenters. The van der Waals surface area contributed by atoms with Crippen LogP contribution in [0.4, 0.5) is 8.78 Å². The topological polar surface area (TPSA) is 67.9 Å². The summed E-state index contributed by atoms with van der Waals surface area (Å²) in [6, 6.07) is 13.7. The number of carbonyl (C=O) groups is 1. The lowest BCUT2D eigenvalue weighted by atomic mass is 9.81. The molecule has 1 aliphatic heterocycles. The van der Waals surface area contributed by atoms with E-state index >= 15 is 0 Å². The fraction of sp³-hybridized carbons (Fsp3) is 0.364. The SMILES string of the molecule is CCC(C)Cc1cccc([C@@]2(c3ccc(OC(F)F)cc3)N=C(N)N(C)C2=O)c1. The van der Waals surface area contributed by atoms with Gasteiger partial charge in [-0.05, 0) is 41.2 Å². The van der Waals surface area contributed by atoms with Crippen LogP contribution in [0.3, 0.4) is 0 Å². The number of hydrogen-bond donors (Lipinski definition) is 1. The zero-order valence-electron chi connectivity index (χ0n) is 16.7. The lowest BCUT2D eigenvalue weighted by molar-refractivity contribution is -0.129. The van der Waals surface area contributed by atoms with E-state index < -0.39 is 12.2 Å². The number of nitrogens with two attached hydrogens (primary N) is 1. The number of carbonyl (C=O) groups excluding carboxylic acids is 1. The highest BCUT2D eigenvalue weighted by Crippen LogP contribution is 2.40. The first-order valence-electron chi connectivity index (χ1n) is 9.56. The molecule has 0 bridgehead atoms. The highest BCUT2D eigenvalue weighted by atomic mass is 19.3. The standard InChI is InChI=1S/C22H25F2N3O2/c1-4-14(2)12-15-6-5-7-17(13-15)22(19(28)27(3)21(25)26-22)16-8-10-18(11-9-16)29-20(23)24/h5-11,13-14,20H,4,12H2,1-3H3,(H2,25,26)/t14?,22-/m1/s1. The maximum absolute atomic E-state index is 13.3. The van der Waals surface area contributed by atoms with Crippen LogP contribution in [-0.2, 0) is 16.8 Å². The van der Waals surface area contributed by atoms with Crippen LogP contribution < -0.4 is 10.5 Å². The number of guanidine groups is 1. The second kappa shape index (κ2) is 8.19. The van der Waals surface area contributed by atoms with Gasteiger partial charge in [0.1, 0.15) is 5.75 Å². The number of benzene rings is 2. The van der Waals surface area contributed by atoms with Crippen molar-refractivity contribution in [2.75, 3.05) is 7.05 Å². The van der Waals surface area contributed by atoms with E-state index in [9.17, 15) is 13.6 Å². The number of hydrogen-bond acceptors (Lipinski definition) is 4. The molecule has 7 heteroatoms. The van der Waals surface area contributed by atoms with Crippen molar-refractivity contribution < 1.29 is 18.3 Å². The van der Waals surface area contributed by atoms with E-state index in [-0.39, 0.29) is 17.6 Å². The average Bonchev–Trinajstić information content (AvgIpc) is 2.93. The van der Waals surface area contributed by atoms with Crippen molar-refractivity contribution in [2.24, 2.45) is 16.6 Å². The third-order valence-corrected chi connectivity index (χ3v) is 5.36. The number of ether oxygens (including phenoxy) is 1. The van der Waals surface area contributed by atoms with Gasteiger partial charge in [0, 0.05) is 7.05 Å². The summed E-state index contributed by atoms with van der Waals surface area (Å²) in [5, 5.41) is 0. The van der Waals surface area contributed by atoms with Gasteiger partial charge in [0.05, 0.1) is 0 Å². The average molecular weight is 401 g/mol. The van der Waals surface area contributed by atoms with E-state index in [0.717, 1.165) is 18.4 Å². The Morgan fingerprint density at radius 2 is 1.86 bits per heavy atom. The Kier molecular flexibility index (Phi) is 5.86. The number of alkyl halides is 2. The Morgan fingerprint density at radius 1 is 1.17 bits per heavy atom. The molecule has 0 saturated carbocycles. The summed E-state index contributed by atoms with van der Waals surface area (Å²) >= 11 is 0. The Morgan fingerprint density at radius 3 is 2.41 bits per heavy atom. The molecule has 1 heterocycles. The van der Waals surface area contributed by atoms with Crippen molar-refractivity contribution in [3.05, 3.63) is 65.2 Å². The van der Waals surface area contributed by atoms with Gasteiger partial charge in [0.2, 0.25) is 0 Å². The Labute approximate surface area is 169 Å². The number of likely N-dealkylation sites (N-methyl/N-ethyl adjacent to an activating group) is 1. The van der Waals surface area contributed by atoms with Crippen molar-refractivity contribution in [2.45, 2.75) is 38.8 Å². The van der Waals surface area contributed by atoms with Gasteiger partial charge in [-0.25, -0.2) is 4.99 Å². The number of amides is 1. The minimum Gasteiger partial charge on any atom is -0.435 e. The van der Waals surface area contributed by atoms with Crippen LogP contribution in [0.2, 0.25) is 0 Å². The molecule has 2 aromatic carbocycles. The molecule has 0 saturated heterocycles. The highest BCUT2D eigenvalue weighted by Gasteiger charge is 2.49. The van der Waals surface area contributed by atoms with Crippen LogP contribution in [-0.4, -0.2) is 30.4 Å². The molecule has 29 heavy (non-hydrogen) atoms. The Hall–Kier alpha value is -2.96. The van der Waals surface area contributed by atoms with E-state index in [1.807, 2.05) is 24.3 Å². The van der Waals surface area contributed by atoms with E-state index in [1.54, 1.807) is 19.2 Å². The van der Waals surface area contributed by atoms with Crippen LogP contribution in [0.25, 0.3) is 0 Å². The smallest absolute Gasteiger partial charge is 0.387 e. The van der Waals surface area contributed by atoms with Crippen molar-refractivity contribution in [1.82, 2.24) is 4.90 Å². The maximum atomic E-state index is 13.3. The summed E-state index contributed by atoms with van der Waals surface area (Å²) in [6.07, 6.45) is 1.93. The third-order valence-electron chi connectivity index (χ3n) is 5.36. The van der Waals surface area contributed by atoms with Crippen LogP contribution in [0.5, 0.6) is 5.75 Å². The molecule has 1 aliphatic rings. The number of nitrogens with zero attached hydrogens (tertiary/aromatic N) is 2. The number of halogens is 2. The number of aliphatic imine (C=N–C) groups is 1. The summed E-state index contributed by atoms with van der Waals surface area (Å²) in [5.74, 6) is 0.330. The quantitative estimate of drug-likeness (QED) is 0.765. The van der Waals surface area contributed by atoms with E-state index in [1.165, 1.54) is 17.0 Å². The first-order valence-corrected chi connectivity index (χ1v) is 9.56. The number of rotatable bonds is 7. The van der Waals surface area contributed by atoms with E-state index in [4.69, 9.17) is 5.73 Å². The first-order chi connectivity index (χ1) is 13.8. The van der Waals surface area contributed by atoms with Gasteiger partial charge in [-0.15, -0.1) is 0 Å². The van der Waals surface area contributed by atoms with Crippen LogP contribution in [0.1, 0.15) is 37.0 Å². The zero-order valence-corrected chi connectivity index (χ0v) is 16.7. The predicted octanol–water partition coefficient (Wildman–Crippen LogP) is 3.91. The normalized spacial score (nSPS) is 20.1. The lowest BCUT2D eigenvalue weighted by Crippen LogP contribution is -2.41. The summed E-state index contributed by atoms with van der Waals surface area (Å²) in [4.78, 5) is 19.1. The maximum Gasteiger partial charge on any atom is 0.387 e. The third kappa shape index (κ3) is 3.95. The first kappa shape index (κ1) is 20.8. The van der Waals surface area contributed by atoms with E-state index in [2.05, 4.69) is 23.6 Å². The van der Waals surface area contributed by atoms with Gasteiger partial charge in [-0.1, -0.05) is 56.7 Å². The van der Waals surface area contributed by atoms with Gasteiger partial charge < -0.3 is 10.5 Å². The fourth-order valence-electron chi connectivity index (χ4n) is 3.53. The van der Waals surface area contributed by atoms with Crippen LogP contribution in [0.15, 0.2) is 53.5 Å². The molecule has 0 radical (unpaired) electrons. The Bertz CT molecular complexity index is 915. The summed E-state index contributed by atoms with van der Waals surface area (Å²) in [5.41, 5.74) is 6.97. The molecule has 1 amide bonds. The van der Waals surface area contributed by atoms with Crippen molar-refractivity contribution in [1.29, 1.82) is 0 Å². The predicted molar refractivity (Wildman–Crippen MR) is 108 cm³/mol. The molecule has 0 aromatic heterocycles. The molecule has 3 rings (SSSR count). The fourth-order valence-corrected chi connectivity index (χ4v) is 3.53. The van der Waals surface area contributed by atoms with Gasteiger partial charge in [-0.2, -0.15) is 8.78 Å². The van der Waals surface area contributed by atoms with Gasteiger partial charge in [-0.3, -0.25) is 9.69 Å². The van der Waals surface area contributed by atoms with E-state index in [0.29, 0.717) is 17.0 Å². The van der Waals surface area contributed by atoms with Gasteiger partial charge >= 0.3 is 6.61 Å². The molecule has 0 fully saturated rings. The highest BCUT2D eigenvalue weighted by molar-refractivity contribution is 6.08. The molecule has 0 aliphatic carbocycles. The van der Waals surface area contributed by atoms with Crippen molar-refractivity contribution in [3.8, 4) is 5.75 Å². The molecule has 5 nitrogen and oxygen atoms in total. The van der Waals surface area contributed by atoms with Crippen LogP contribution in [0, 0.1) is 5.92 Å². The molecule has 2 aromatic rings. The molecular formula is C22H25F2N3O2. The summed E-state index contributed by atoms with van der Waals surface area (Å²) in [7, 11) is 1.57. The van der Waals surface area contributed by atoms with Crippen LogP contribution >= 0.6 is 0 Å². The summed E-state index contributed by atoms with van der Waals surface area (Å²) < 4.78 is 29.4. The monoisotopic (exact) mass is 401 g/mol. The Balaban J connectivity index is 2.09. The largest absolute Gasteiger partial charge is 0.435 e.